The fourth-order valence-electron chi connectivity index (χ4n) is 1.33. The number of benzene rings is 1. The van der Waals surface area contributed by atoms with Gasteiger partial charge in [0, 0.05) is 5.56 Å². The molecule has 1 aromatic carbocycles. The zero-order chi connectivity index (χ0) is 15.3. The Morgan fingerprint density at radius 1 is 1.50 bits per heavy atom. The number of sulfonamides is 1. The van der Waals surface area contributed by atoms with Gasteiger partial charge in [-0.15, -0.1) is 0 Å². The average molecular weight is 299 g/mol. The molecule has 0 aromatic heterocycles. The molecule has 0 saturated heterocycles. The van der Waals surface area contributed by atoms with Crippen LogP contribution in [-0.2, 0) is 14.8 Å². The Bertz CT molecular complexity index is 677. The summed E-state index contributed by atoms with van der Waals surface area (Å²) in [6, 6.07) is 1.93. The lowest BCUT2D eigenvalue weighted by atomic mass is 10.2. The van der Waals surface area contributed by atoms with E-state index in [1.165, 1.54) is 6.92 Å². The third-order valence-electron chi connectivity index (χ3n) is 2.31. The van der Waals surface area contributed by atoms with Crippen LogP contribution >= 0.6 is 0 Å². The Morgan fingerprint density at radius 3 is 2.70 bits per heavy atom. The second kappa shape index (κ2) is 6.47. The fraction of sp³-hybridized carbons (Fsp3) is 0.250. The van der Waals surface area contributed by atoms with Gasteiger partial charge < -0.3 is 11.5 Å². The molecule has 0 spiro atoms. The zero-order valence-electron chi connectivity index (χ0n) is 10.7. The quantitative estimate of drug-likeness (QED) is 0.637. The van der Waals surface area contributed by atoms with E-state index in [4.69, 9.17) is 11.5 Å². The third-order valence-corrected chi connectivity index (χ3v) is 3.91. The number of nitrogens with two attached hydrogens (primary N) is 2. The van der Waals surface area contributed by atoms with Crippen molar-refractivity contribution in [3.05, 3.63) is 29.6 Å². The van der Waals surface area contributed by atoms with Crippen LogP contribution in [0.25, 0.3) is 0 Å². The number of amides is 1. The molecule has 5 N–H and O–H groups in total. The van der Waals surface area contributed by atoms with Crippen LogP contribution in [0.4, 0.5) is 4.39 Å². The first-order valence-corrected chi connectivity index (χ1v) is 7.06. The van der Waals surface area contributed by atoms with Crippen LogP contribution in [0.15, 0.2) is 23.1 Å². The fourth-order valence-corrected chi connectivity index (χ4v) is 2.69. The van der Waals surface area contributed by atoms with E-state index in [2.05, 4.69) is 16.6 Å². The summed E-state index contributed by atoms with van der Waals surface area (Å²) in [6.45, 7) is 1.30. The molecule has 0 aliphatic heterocycles. The van der Waals surface area contributed by atoms with Crippen molar-refractivity contribution in [3.8, 4) is 11.8 Å². The van der Waals surface area contributed by atoms with Crippen molar-refractivity contribution in [2.24, 2.45) is 11.5 Å². The van der Waals surface area contributed by atoms with Crippen molar-refractivity contribution in [2.45, 2.75) is 17.9 Å². The summed E-state index contributed by atoms with van der Waals surface area (Å²) < 4.78 is 39.5. The lowest BCUT2D eigenvalue weighted by molar-refractivity contribution is -0.119. The maximum atomic E-state index is 13.2. The first kappa shape index (κ1) is 16.1. The van der Waals surface area contributed by atoms with Gasteiger partial charge >= 0.3 is 0 Å². The van der Waals surface area contributed by atoms with E-state index in [0.717, 1.165) is 18.2 Å². The molecular formula is C12H14FN3O3S. The van der Waals surface area contributed by atoms with Gasteiger partial charge in [0.25, 0.3) is 0 Å². The minimum atomic E-state index is -4.04. The predicted molar refractivity (Wildman–Crippen MR) is 71.3 cm³/mol. The van der Waals surface area contributed by atoms with Crippen molar-refractivity contribution in [2.75, 3.05) is 6.54 Å². The molecule has 0 heterocycles. The van der Waals surface area contributed by atoms with Gasteiger partial charge in [-0.3, -0.25) is 4.79 Å². The van der Waals surface area contributed by atoms with E-state index in [9.17, 15) is 17.6 Å². The van der Waals surface area contributed by atoms with Crippen LogP contribution in [0.5, 0.6) is 0 Å². The Morgan fingerprint density at radius 2 is 2.15 bits per heavy atom. The second-order valence-electron chi connectivity index (χ2n) is 3.89. The molecule has 1 rings (SSSR count). The van der Waals surface area contributed by atoms with Crippen LogP contribution in [0, 0.1) is 17.7 Å². The highest BCUT2D eigenvalue weighted by atomic mass is 32.2. The first-order chi connectivity index (χ1) is 9.27. The van der Waals surface area contributed by atoms with Crippen molar-refractivity contribution in [1.82, 2.24) is 4.72 Å². The molecule has 0 radical (unpaired) electrons. The Labute approximate surface area is 116 Å². The molecule has 6 nitrogen and oxygen atoms in total. The molecule has 1 aromatic rings. The summed E-state index contributed by atoms with van der Waals surface area (Å²) in [5, 5.41) is 0. The standard InChI is InChI=1S/C12H14FN3O3S/c1-8(12(15)17)16-20(18,19)11-5-4-10(13)7-9(11)3-2-6-14/h4-5,7-8,16H,6,14H2,1H3,(H2,15,17). The Kier molecular flexibility index (Phi) is 5.21. The van der Waals surface area contributed by atoms with Gasteiger partial charge in [-0.2, -0.15) is 4.72 Å². The highest BCUT2D eigenvalue weighted by Crippen LogP contribution is 2.16. The highest BCUT2D eigenvalue weighted by Gasteiger charge is 2.23. The SMILES string of the molecule is CC(NS(=O)(=O)c1ccc(F)cc1C#CCN)C(N)=O. The molecule has 108 valence electrons. The van der Waals surface area contributed by atoms with Gasteiger partial charge in [0.2, 0.25) is 15.9 Å². The molecule has 0 fully saturated rings. The number of carbonyl (C=O) groups excluding carboxylic acids is 1. The Balaban J connectivity index is 3.27. The number of hydrogen-bond acceptors (Lipinski definition) is 4. The lowest BCUT2D eigenvalue weighted by Gasteiger charge is -2.12. The van der Waals surface area contributed by atoms with Crippen LogP contribution < -0.4 is 16.2 Å². The number of halogens is 1. The number of nitrogens with one attached hydrogen (secondary N) is 1. The van der Waals surface area contributed by atoms with Crippen LogP contribution in [0.2, 0.25) is 0 Å². The Hall–Kier alpha value is -1.95. The predicted octanol–water partition coefficient (Wildman–Crippen LogP) is -0.712. The molecule has 20 heavy (non-hydrogen) atoms. The normalized spacial score (nSPS) is 12.3. The summed E-state index contributed by atoms with van der Waals surface area (Å²) in [5.74, 6) is 3.46. The topological polar surface area (TPSA) is 115 Å². The molecule has 8 heteroatoms. The van der Waals surface area contributed by atoms with Gasteiger partial charge in [-0.05, 0) is 25.1 Å². The number of carbonyl (C=O) groups is 1. The minimum absolute atomic E-state index is 0.00111. The van der Waals surface area contributed by atoms with Crippen LogP contribution in [0.1, 0.15) is 12.5 Å². The summed E-state index contributed by atoms with van der Waals surface area (Å²) in [4.78, 5) is 10.7. The van der Waals surface area contributed by atoms with Gasteiger partial charge in [-0.1, -0.05) is 11.8 Å². The zero-order valence-corrected chi connectivity index (χ0v) is 11.5. The van der Waals surface area contributed by atoms with Crippen molar-refractivity contribution >= 4 is 15.9 Å². The van der Waals surface area contributed by atoms with Gasteiger partial charge in [0.15, 0.2) is 0 Å². The molecule has 0 aliphatic carbocycles. The summed E-state index contributed by atoms with van der Waals surface area (Å²) in [6.07, 6.45) is 0. The largest absolute Gasteiger partial charge is 0.368 e. The minimum Gasteiger partial charge on any atom is -0.368 e. The lowest BCUT2D eigenvalue weighted by Crippen LogP contribution is -2.42. The average Bonchev–Trinajstić information content (AvgIpc) is 2.35. The van der Waals surface area contributed by atoms with E-state index >= 15 is 0 Å². The second-order valence-corrected chi connectivity index (χ2v) is 5.57. The summed E-state index contributed by atoms with van der Waals surface area (Å²) in [7, 11) is -4.04. The van der Waals surface area contributed by atoms with Crippen LogP contribution in [0.3, 0.4) is 0 Å². The van der Waals surface area contributed by atoms with E-state index in [-0.39, 0.29) is 17.0 Å². The smallest absolute Gasteiger partial charge is 0.242 e. The van der Waals surface area contributed by atoms with E-state index in [1.807, 2.05) is 0 Å². The maximum Gasteiger partial charge on any atom is 0.242 e. The van der Waals surface area contributed by atoms with Crippen molar-refractivity contribution < 1.29 is 17.6 Å². The van der Waals surface area contributed by atoms with Gasteiger partial charge in [0.1, 0.15) is 5.82 Å². The van der Waals surface area contributed by atoms with E-state index in [1.54, 1.807) is 0 Å². The molecule has 1 amide bonds. The van der Waals surface area contributed by atoms with Crippen LogP contribution in [-0.4, -0.2) is 26.9 Å². The number of hydrogen-bond donors (Lipinski definition) is 3. The number of rotatable bonds is 4. The monoisotopic (exact) mass is 299 g/mol. The van der Waals surface area contributed by atoms with Crippen molar-refractivity contribution in [1.29, 1.82) is 0 Å². The molecule has 0 bridgehead atoms. The maximum absolute atomic E-state index is 13.2. The third kappa shape index (κ3) is 4.03. The summed E-state index contributed by atoms with van der Waals surface area (Å²) in [5.41, 5.74) is 10.2. The van der Waals surface area contributed by atoms with Gasteiger partial charge in [-0.25, -0.2) is 12.8 Å². The molecule has 0 saturated carbocycles. The number of primary amides is 1. The first-order valence-electron chi connectivity index (χ1n) is 5.58. The molecule has 1 unspecified atom stereocenters. The van der Waals surface area contributed by atoms with Gasteiger partial charge in [0.05, 0.1) is 17.5 Å². The molecule has 0 aliphatic rings. The van der Waals surface area contributed by atoms with E-state index in [0.29, 0.717) is 0 Å². The van der Waals surface area contributed by atoms with Crippen molar-refractivity contribution in [3.63, 3.8) is 0 Å². The van der Waals surface area contributed by atoms with E-state index < -0.39 is 27.8 Å². The highest BCUT2D eigenvalue weighted by molar-refractivity contribution is 7.89. The summed E-state index contributed by atoms with van der Waals surface area (Å²) >= 11 is 0. The molecule has 1 atom stereocenters. The molecular weight excluding hydrogens is 285 g/mol.